The molecule has 0 aliphatic carbocycles. The van der Waals surface area contributed by atoms with Crippen molar-refractivity contribution in [2.75, 3.05) is 11.9 Å². The van der Waals surface area contributed by atoms with E-state index < -0.39 is 11.6 Å². The van der Waals surface area contributed by atoms with Crippen molar-refractivity contribution in [1.29, 1.82) is 0 Å². The molecule has 2 aromatic rings. The van der Waals surface area contributed by atoms with E-state index >= 15 is 0 Å². The largest absolute Gasteiger partial charge is 0.314 e. The summed E-state index contributed by atoms with van der Waals surface area (Å²) in [4.78, 5) is 16.4. The number of carbonyl (C=O) groups is 1. The molecule has 1 aliphatic rings. The Labute approximate surface area is 136 Å². The number of anilines is 1. The number of hydrogen-bond acceptors (Lipinski definition) is 4. The second kappa shape index (κ2) is 6.72. The van der Waals surface area contributed by atoms with Gasteiger partial charge in [0.1, 0.15) is 11.6 Å². The molecule has 122 valence electrons. The molecule has 1 amide bonds. The third-order valence-electron chi connectivity index (χ3n) is 3.95. The van der Waals surface area contributed by atoms with Crippen LogP contribution in [0.1, 0.15) is 19.8 Å². The standard InChI is InChI=1S/C16H17F2N3OS/c1-9-7-10(5-6-19-9)15(22)21-16-20-13(8-23-16)14-11(17)3-2-4-12(14)18/h2-4,8-10,19H,5-7H2,1H3,(H,20,21,22)/t9-,10-/m0/s1. The van der Waals surface area contributed by atoms with Crippen LogP contribution in [-0.4, -0.2) is 23.5 Å². The van der Waals surface area contributed by atoms with E-state index in [2.05, 4.69) is 15.6 Å². The number of rotatable bonds is 3. The van der Waals surface area contributed by atoms with Gasteiger partial charge in [-0.1, -0.05) is 6.07 Å². The predicted octanol–water partition coefficient (Wildman–Crippen LogP) is 3.41. The lowest BCUT2D eigenvalue weighted by atomic mass is 9.92. The van der Waals surface area contributed by atoms with Gasteiger partial charge in [0.25, 0.3) is 0 Å². The third kappa shape index (κ3) is 3.56. The Kier molecular flexibility index (Phi) is 4.68. The lowest BCUT2D eigenvalue weighted by Crippen LogP contribution is -2.40. The van der Waals surface area contributed by atoms with Crippen LogP contribution in [0, 0.1) is 17.6 Å². The summed E-state index contributed by atoms with van der Waals surface area (Å²) in [6.45, 7) is 2.85. The van der Waals surface area contributed by atoms with Gasteiger partial charge >= 0.3 is 0 Å². The number of hydrogen-bond donors (Lipinski definition) is 2. The van der Waals surface area contributed by atoms with Crippen molar-refractivity contribution in [2.24, 2.45) is 5.92 Å². The highest BCUT2D eigenvalue weighted by Crippen LogP contribution is 2.29. The van der Waals surface area contributed by atoms with E-state index in [0.717, 1.165) is 30.7 Å². The van der Waals surface area contributed by atoms with Crippen LogP contribution in [0.4, 0.5) is 13.9 Å². The number of amides is 1. The highest BCUT2D eigenvalue weighted by Gasteiger charge is 2.25. The van der Waals surface area contributed by atoms with Crippen LogP contribution in [0.3, 0.4) is 0 Å². The Morgan fingerprint density at radius 2 is 2.13 bits per heavy atom. The molecule has 1 saturated heterocycles. The van der Waals surface area contributed by atoms with Crippen LogP contribution in [0.15, 0.2) is 23.6 Å². The van der Waals surface area contributed by atoms with E-state index in [9.17, 15) is 13.6 Å². The van der Waals surface area contributed by atoms with Crippen LogP contribution in [-0.2, 0) is 4.79 Å². The molecule has 2 N–H and O–H groups in total. The van der Waals surface area contributed by atoms with Crippen LogP contribution in [0.5, 0.6) is 0 Å². The van der Waals surface area contributed by atoms with Crippen molar-refractivity contribution < 1.29 is 13.6 Å². The lowest BCUT2D eigenvalue weighted by Gasteiger charge is -2.26. The molecule has 1 aliphatic heterocycles. The van der Waals surface area contributed by atoms with Crippen molar-refractivity contribution >= 4 is 22.4 Å². The molecule has 1 aromatic heterocycles. The maximum Gasteiger partial charge on any atom is 0.229 e. The first-order chi connectivity index (χ1) is 11.0. The molecule has 1 aromatic carbocycles. The molecule has 23 heavy (non-hydrogen) atoms. The second-order valence-corrected chi connectivity index (χ2v) is 6.56. The van der Waals surface area contributed by atoms with E-state index in [4.69, 9.17) is 0 Å². The molecule has 4 nitrogen and oxygen atoms in total. The van der Waals surface area contributed by atoms with Gasteiger partial charge in [-0.05, 0) is 38.4 Å². The zero-order chi connectivity index (χ0) is 16.4. The first kappa shape index (κ1) is 16.0. The fraction of sp³-hybridized carbons (Fsp3) is 0.375. The van der Waals surface area contributed by atoms with Gasteiger partial charge in [-0.15, -0.1) is 11.3 Å². The van der Waals surface area contributed by atoms with E-state index in [1.807, 2.05) is 6.92 Å². The van der Waals surface area contributed by atoms with Crippen LogP contribution in [0.25, 0.3) is 11.3 Å². The van der Waals surface area contributed by atoms with Gasteiger partial charge in [-0.2, -0.15) is 0 Å². The monoisotopic (exact) mass is 337 g/mol. The van der Waals surface area contributed by atoms with Crippen molar-refractivity contribution in [3.05, 3.63) is 35.2 Å². The Bertz CT molecular complexity index is 699. The Morgan fingerprint density at radius 3 is 2.83 bits per heavy atom. The highest BCUT2D eigenvalue weighted by atomic mass is 32.1. The summed E-state index contributed by atoms with van der Waals surface area (Å²) in [6, 6.07) is 3.99. The number of benzene rings is 1. The summed E-state index contributed by atoms with van der Waals surface area (Å²) in [5.74, 6) is -1.49. The topological polar surface area (TPSA) is 54.0 Å². The molecule has 1 fully saturated rings. The Morgan fingerprint density at radius 1 is 1.39 bits per heavy atom. The Hall–Kier alpha value is -1.86. The molecule has 2 heterocycles. The molecular weight excluding hydrogens is 320 g/mol. The quantitative estimate of drug-likeness (QED) is 0.902. The number of thiazole rings is 1. The summed E-state index contributed by atoms with van der Waals surface area (Å²) in [5.41, 5.74) is 0.0271. The number of halogens is 2. The SMILES string of the molecule is C[C@H]1C[C@@H](C(=O)Nc2nc(-c3c(F)cccc3F)cs2)CCN1. The van der Waals surface area contributed by atoms with E-state index in [1.165, 1.54) is 18.2 Å². The molecule has 0 unspecified atom stereocenters. The van der Waals surface area contributed by atoms with E-state index in [-0.39, 0.29) is 23.1 Å². The minimum atomic E-state index is -0.666. The number of aromatic nitrogens is 1. The van der Waals surface area contributed by atoms with Crippen LogP contribution < -0.4 is 10.6 Å². The number of piperidine rings is 1. The van der Waals surface area contributed by atoms with E-state index in [0.29, 0.717) is 11.2 Å². The molecule has 0 bridgehead atoms. The second-order valence-electron chi connectivity index (χ2n) is 5.70. The van der Waals surface area contributed by atoms with Gasteiger partial charge in [-0.25, -0.2) is 13.8 Å². The summed E-state index contributed by atoms with van der Waals surface area (Å²) >= 11 is 1.16. The summed E-state index contributed by atoms with van der Waals surface area (Å²) in [6.07, 6.45) is 1.54. The zero-order valence-electron chi connectivity index (χ0n) is 12.6. The predicted molar refractivity (Wildman–Crippen MR) is 86.3 cm³/mol. The fourth-order valence-corrected chi connectivity index (χ4v) is 3.47. The van der Waals surface area contributed by atoms with Crippen LogP contribution >= 0.6 is 11.3 Å². The first-order valence-electron chi connectivity index (χ1n) is 7.48. The van der Waals surface area contributed by atoms with Gasteiger partial charge in [0, 0.05) is 17.3 Å². The average Bonchev–Trinajstić information content (AvgIpc) is 2.95. The van der Waals surface area contributed by atoms with E-state index in [1.54, 1.807) is 5.38 Å². The third-order valence-corrected chi connectivity index (χ3v) is 4.71. The van der Waals surface area contributed by atoms with Crippen molar-refractivity contribution in [3.8, 4) is 11.3 Å². The summed E-state index contributed by atoms with van der Waals surface area (Å²) in [5, 5.41) is 7.95. The molecular formula is C16H17F2N3OS. The summed E-state index contributed by atoms with van der Waals surface area (Å²) < 4.78 is 27.5. The van der Waals surface area contributed by atoms with Crippen molar-refractivity contribution in [3.63, 3.8) is 0 Å². The first-order valence-corrected chi connectivity index (χ1v) is 8.36. The lowest BCUT2D eigenvalue weighted by molar-refractivity contribution is -0.120. The molecule has 2 atom stereocenters. The van der Waals surface area contributed by atoms with Gasteiger partial charge in [0.15, 0.2) is 5.13 Å². The summed E-state index contributed by atoms with van der Waals surface area (Å²) in [7, 11) is 0. The molecule has 0 spiro atoms. The normalized spacial score (nSPS) is 21.2. The number of nitrogens with zero attached hydrogens (tertiary/aromatic N) is 1. The molecule has 0 radical (unpaired) electrons. The van der Waals surface area contributed by atoms with Gasteiger partial charge < -0.3 is 10.6 Å². The maximum atomic E-state index is 13.8. The van der Waals surface area contributed by atoms with Gasteiger partial charge in [-0.3, -0.25) is 4.79 Å². The maximum absolute atomic E-state index is 13.8. The van der Waals surface area contributed by atoms with Crippen molar-refractivity contribution in [1.82, 2.24) is 10.3 Å². The highest BCUT2D eigenvalue weighted by molar-refractivity contribution is 7.14. The minimum absolute atomic E-state index is 0.0659. The Balaban J connectivity index is 1.73. The van der Waals surface area contributed by atoms with Crippen molar-refractivity contribution in [2.45, 2.75) is 25.8 Å². The number of carbonyl (C=O) groups excluding carboxylic acids is 1. The molecule has 7 heteroatoms. The average molecular weight is 337 g/mol. The molecule has 3 rings (SSSR count). The smallest absolute Gasteiger partial charge is 0.229 e. The number of nitrogens with one attached hydrogen (secondary N) is 2. The molecule has 0 saturated carbocycles. The minimum Gasteiger partial charge on any atom is -0.314 e. The van der Waals surface area contributed by atoms with Gasteiger partial charge in [0.05, 0.1) is 11.3 Å². The zero-order valence-corrected chi connectivity index (χ0v) is 13.4. The van der Waals surface area contributed by atoms with Crippen LogP contribution in [0.2, 0.25) is 0 Å². The fourth-order valence-electron chi connectivity index (χ4n) is 2.77. The van der Waals surface area contributed by atoms with Gasteiger partial charge in [0.2, 0.25) is 5.91 Å².